The molecule has 0 aliphatic carbocycles. The fraction of sp³-hybridized carbons (Fsp3) is 0.889. The highest BCUT2D eigenvalue weighted by Gasteiger charge is 2.49. The first kappa shape index (κ1) is 10.6. The second-order valence-electron chi connectivity index (χ2n) is 4.09. The molecule has 0 radical (unpaired) electrons. The third-order valence-corrected chi connectivity index (χ3v) is 4.47. The van der Waals surface area contributed by atoms with Crippen molar-refractivity contribution in [3.8, 4) is 0 Å². The van der Waals surface area contributed by atoms with Gasteiger partial charge in [0, 0.05) is 16.1 Å². The Morgan fingerprint density at radius 3 is 3.27 bits per heavy atom. The minimum Gasteiger partial charge on any atom is -0.462 e. The van der Waals surface area contributed by atoms with E-state index in [1.165, 1.54) is 0 Å². The standard InChI is InChI=1S/C9H13N3O2S/c10-12-11-5-7-9(4-8(13)14-7)2-1-3-15-6-9/h7H,1-6H2. The monoisotopic (exact) mass is 227 g/mol. The molecule has 0 N–H and O–H groups in total. The number of hydrogen-bond acceptors (Lipinski definition) is 4. The molecular weight excluding hydrogens is 214 g/mol. The first-order valence-electron chi connectivity index (χ1n) is 5.05. The van der Waals surface area contributed by atoms with E-state index in [0.29, 0.717) is 6.42 Å². The summed E-state index contributed by atoms with van der Waals surface area (Å²) in [6, 6.07) is 0. The van der Waals surface area contributed by atoms with Gasteiger partial charge in [0.15, 0.2) is 0 Å². The fourth-order valence-corrected chi connectivity index (χ4v) is 3.67. The van der Waals surface area contributed by atoms with Crippen molar-refractivity contribution in [3.05, 3.63) is 10.4 Å². The smallest absolute Gasteiger partial charge is 0.306 e. The number of thioether (sulfide) groups is 1. The fourth-order valence-electron chi connectivity index (χ4n) is 2.34. The van der Waals surface area contributed by atoms with E-state index >= 15 is 0 Å². The molecule has 2 aliphatic heterocycles. The zero-order valence-electron chi connectivity index (χ0n) is 8.39. The maximum absolute atomic E-state index is 11.3. The van der Waals surface area contributed by atoms with Gasteiger partial charge in [-0.1, -0.05) is 5.11 Å². The molecular formula is C9H13N3O2S. The van der Waals surface area contributed by atoms with Crippen molar-refractivity contribution in [1.29, 1.82) is 0 Å². The van der Waals surface area contributed by atoms with Gasteiger partial charge in [-0.2, -0.15) is 11.8 Å². The maximum atomic E-state index is 11.3. The summed E-state index contributed by atoms with van der Waals surface area (Å²) in [4.78, 5) is 14.1. The lowest BCUT2D eigenvalue weighted by atomic mass is 9.78. The SMILES string of the molecule is [N-]=[N+]=NCC1OC(=O)CC12CCCSC2. The summed E-state index contributed by atoms with van der Waals surface area (Å²) in [6.07, 6.45) is 2.42. The minimum absolute atomic E-state index is 0.0613. The lowest BCUT2D eigenvalue weighted by Gasteiger charge is -2.34. The van der Waals surface area contributed by atoms with E-state index in [4.69, 9.17) is 10.3 Å². The lowest BCUT2D eigenvalue weighted by Crippen LogP contribution is -2.37. The minimum atomic E-state index is -0.200. The lowest BCUT2D eigenvalue weighted by molar-refractivity contribution is -0.141. The van der Waals surface area contributed by atoms with Gasteiger partial charge in [-0.3, -0.25) is 4.79 Å². The van der Waals surface area contributed by atoms with Crippen LogP contribution in [0.15, 0.2) is 5.11 Å². The Bertz CT molecular complexity index is 308. The Morgan fingerprint density at radius 2 is 2.60 bits per heavy atom. The third kappa shape index (κ3) is 2.06. The van der Waals surface area contributed by atoms with E-state index in [9.17, 15) is 4.79 Å². The molecule has 1 spiro atoms. The van der Waals surface area contributed by atoms with Crippen LogP contribution in [0.2, 0.25) is 0 Å². The molecule has 2 unspecified atom stereocenters. The molecule has 0 aromatic rings. The van der Waals surface area contributed by atoms with Crippen LogP contribution in [0.4, 0.5) is 0 Å². The van der Waals surface area contributed by atoms with Crippen LogP contribution in [0.1, 0.15) is 19.3 Å². The van der Waals surface area contributed by atoms with Gasteiger partial charge in [0.05, 0.1) is 13.0 Å². The molecule has 5 nitrogen and oxygen atoms in total. The normalized spacial score (nSPS) is 34.9. The first-order chi connectivity index (χ1) is 7.27. The number of carbonyl (C=O) groups is 1. The van der Waals surface area contributed by atoms with E-state index in [2.05, 4.69) is 10.0 Å². The molecule has 0 aromatic heterocycles. The Labute approximate surface area is 92.2 Å². The van der Waals surface area contributed by atoms with Gasteiger partial charge >= 0.3 is 5.97 Å². The predicted molar refractivity (Wildman–Crippen MR) is 57.5 cm³/mol. The van der Waals surface area contributed by atoms with Gasteiger partial charge in [0.2, 0.25) is 0 Å². The van der Waals surface area contributed by atoms with Crippen LogP contribution in [0.3, 0.4) is 0 Å². The molecule has 2 atom stereocenters. The second-order valence-corrected chi connectivity index (χ2v) is 5.19. The molecule has 0 aromatic carbocycles. The van der Waals surface area contributed by atoms with Crippen LogP contribution in [0, 0.1) is 5.41 Å². The van der Waals surface area contributed by atoms with Gasteiger partial charge in [-0.15, -0.1) is 0 Å². The van der Waals surface area contributed by atoms with Crippen LogP contribution in [-0.2, 0) is 9.53 Å². The van der Waals surface area contributed by atoms with Crippen LogP contribution in [0.5, 0.6) is 0 Å². The summed E-state index contributed by atoms with van der Waals surface area (Å²) in [7, 11) is 0. The second kappa shape index (κ2) is 4.33. The number of cyclic esters (lactones) is 1. The zero-order chi connectivity index (χ0) is 10.7. The van der Waals surface area contributed by atoms with E-state index < -0.39 is 0 Å². The Kier molecular flexibility index (Phi) is 3.07. The van der Waals surface area contributed by atoms with E-state index in [1.807, 2.05) is 11.8 Å². The van der Waals surface area contributed by atoms with Gasteiger partial charge in [-0.25, -0.2) is 0 Å². The Balaban J connectivity index is 2.12. The number of rotatable bonds is 2. The Hall–Kier alpha value is -0.870. The number of carbonyl (C=O) groups excluding carboxylic acids is 1. The summed E-state index contributed by atoms with van der Waals surface area (Å²) in [5, 5.41) is 3.53. The van der Waals surface area contributed by atoms with E-state index in [1.54, 1.807) is 0 Å². The highest BCUT2D eigenvalue weighted by molar-refractivity contribution is 7.99. The van der Waals surface area contributed by atoms with Crippen molar-refractivity contribution >= 4 is 17.7 Å². The highest BCUT2D eigenvalue weighted by atomic mass is 32.2. The molecule has 2 fully saturated rings. The number of ether oxygens (including phenoxy) is 1. The predicted octanol–water partition coefficient (Wildman–Crippen LogP) is 2.13. The van der Waals surface area contributed by atoms with Crippen molar-refractivity contribution in [1.82, 2.24) is 0 Å². The van der Waals surface area contributed by atoms with Crippen LogP contribution in [-0.4, -0.2) is 30.1 Å². The number of hydrogen-bond donors (Lipinski definition) is 0. The van der Waals surface area contributed by atoms with Gasteiger partial charge in [0.25, 0.3) is 0 Å². The maximum Gasteiger partial charge on any atom is 0.306 e. The van der Waals surface area contributed by atoms with Gasteiger partial charge in [0.1, 0.15) is 6.10 Å². The Morgan fingerprint density at radius 1 is 1.73 bits per heavy atom. The van der Waals surface area contributed by atoms with Crippen molar-refractivity contribution in [2.75, 3.05) is 18.1 Å². The van der Waals surface area contributed by atoms with E-state index in [0.717, 1.165) is 24.3 Å². The largest absolute Gasteiger partial charge is 0.462 e. The summed E-state index contributed by atoms with van der Waals surface area (Å²) in [5.41, 5.74) is 8.23. The average molecular weight is 227 g/mol. The number of esters is 1. The topological polar surface area (TPSA) is 75.1 Å². The van der Waals surface area contributed by atoms with Crippen molar-refractivity contribution in [2.24, 2.45) is 10.5 Å². The summed E-state index contributed by atoms with van der Waals surface area (Å²) in [6.45, 7) is 0.281. The molecule has 0 bridgehead atoms. The van der Waals surface area contributed by atoms with Crippen LogP contribution >= 0.6 is 11.8 Å². The molecule has 15 heavy (non-hydrogen) atoms. The molecule has 0 saturated carbocycles. The van der Waals surface area contributed by atoms with Gasteiger partial charge < -0.3 is 4.74 Å². The number of nitrogens with zero attached hydrogens (tertiary/aromatic N) is 3. The van der Waals surface area contributed by atoms with Crippen molar-refractivity contribution in [2.45, 2.75) is 25.4 Å². The van der Waals surface area contributed by atoms with Gasteiger partial charge in [-0.05, 0) is 24.1 Å². The summed E-state index contributed by atoms with van der Waals surface area (Å²) >= 11 is 1.86. The molecule has 2 heterocycles. The van der Waals surface area contributed by atoms with Crippen molar-refractivity contribution in [3.63, 3.8) is 0 Å². The first-order valence-corrected chi connectivity index (χ1v) is 6.20. The molecule has 2 aliphatic rings. The number of azide groups is 1. The highest BCUT2D eigenvalue weighted by Crippen LogP contribution is 2.45. The molecule has 2 rings (SSSR count). The molecule has 6 heteroatoms. The van der Waals surface area contributed by atoms with E-state index in [-0.39, 0.29) is 24.0 Å². The summed E-state index contributed by atoms with van der Waals surface area (Å²) < 4.78 is 5.24. The average Bonchev–Trinajstić information content (AvgIpc) is 2.53. The molecule has 0 amide bonds. The van der Waals surface area contributed by atoms with Crippen molar-refractivity contribution < 1.29 is 9.53 Å². The van der Waals surface area contributed by atoms with Crippen LogP contribution < -0.4 is 0 Å². The quantitative estimate of drug-likeness (QED) is 0.314. The summed E-state index contributed by atoms with van der Waals surface area (Å²) in [5.74, 6) is 1.96. The third-order valence-electron chi connectivity index (χ3n) is 3.12. The molecule has 2 saturated heterocycles. The zero-order valence-corrected chi connectivity index (χ0v) is 9.20. The van der Waals surface area contributed by atoms with Crippen LogP contribution in [0.25, 0.3) is 10.4 Å². The molecule has 82 valence electrons.